The summed E-state index contributed by atoms with van der Waals surface area (Å²) in [6.45, 7) is 10.4. The highest BCUT2D eigenvalue weighted by atomic mass is 16.4. The molecule has 0 aliphatic heterocycles. The van der Waals surface area contributed by atoms with Crippen LogP contribution in [0.3, 0.4) is 0 Å². The van der Waals surface area contributed by atoms with E-state index in [4.69, 9.17) is 9.90 Å². The fraction of sp³-hybridized carbons (Fsp3) is 0.769. The molecule has 1 aliphatic rings. The van der Waals surface area contributed by atoms with E-state index in [-0.39, 0.29) is 0 Å². The fourth-order valence-corrected chi connectivity index (χ4v) is 1.95. The molecule has 0 aromatic heterocycles. The van der Waals surface area contributed by atoms with Gasteiger partial charge in [-0.25, -0.2) is 0 Å². The van der Waals surface area contributed by atoms with Crippen molar-refractivity contribution in [2.24, 2.45) is 5.41 Å². The van der Waals surface area contributed by atoms with Crippen LogP contribution in [0.4, 0.5) is 0 Å². The van der Waals surface area contributed by atoms with Crippen LogP contribution in [0.2, 0.25) is 0 Å². The van der Waals surface area contributed by atoms with E-state index in [2.05, 4.69) is 27.7 Å². The van der Waals surface area contributed by atoms with E-state index in [1.165, 1.54) is 25.7 Å². The largest absolute Gasteiger partial charge is 0.481 e. The molecule has 0 aromatic carbocycles. The van der Waals surface area contributed by atoms with Crippen molar-refractivity contribution < 1.29 is 9.90 Å². The van der Waals surface area contributed by atoms with Crippen LogP contribution in [0.1, 0.15) is 60.3 Å². The predicted molar refractivity (Wildman–Crippen MR) is 63.9 cm³/mol. The Hall–Kier alpha value is -0.790. The van der Waals surface area contributed by atoms with E-state index in [9.17, 15) is 0 Å². The number of aliphatic carboxylic acids is 1. The molecule has 0 unspecified atom stereocenters. The summed E-state index contributed by atoms with van der Waals surface area (Å²) in [5.74, 6) is -0.833. The van der Waals surface area contributed by atoms with Crippen LogP contribution in [-0.2, 0) is 4.79 Å². The molecule has 0 saturated carbocycles. The zero-order valence-corrected chi connectivity index (χ0v) is 10.7. The number of hydrogen-bond acceptors (Lipinski definition) is 1. The average Bonchev–Trinajstić information content (AvgIpc) is 2.08. The van der Waals surface area contributed by atoms with Gasteiger partial charge in [-0.2, -0.15) is 0 Å². The Morgan fingerprint density at radius 3 is 2.27 bits per heavy atom. The Morgan fingerprint density at radius 1 is 1.47 bits per heavy atom. The van der Waals surface area contributed by atoms with E-state index in [0.717, 1.165) is 6.92 Å². The smallest absolute Gasteiger partial charge is 0.300 e. The van der Waals surface area contributed by atoms with E-state index in [1.807, 2.05) is 0 Å². The maximum Gasteiger partial charge on any atom is 0.300 e. The number of rotatable bonds is 1. The molecule has 0 heterocycles. The van der Waals surface area contributed by atoms with Gasteiger partial charge in [-0.3, -0.25) is 4.79 Å². The van der Waals surface area contributed by atoms with Crippen molar-refractivity contribution in [2.75, 3.05) is 0 Å². The highest BCUT2D eigenvalue weighted by Crippen LogP contribution is 2.39. The van der Waals surface area contributed by atoms with Gasteiger partial charge in [-0.15, -0.1) is 0 Å². The van der Waals surface area contributed by atoms with E-state index in [1.54, 1.807) is 11.1 Å². The summed E-state index contributed by atoms with van der Waals surface area (Å²) in [6, 6.07) is 0. The van der Waals surface area contributed by atoms with Gasteiger partial charge < -0.3 is 5.11 Å². The topological polar surface area (TPSA) is 37.3 Å². The van der Waals surface area contributed by atoms with E-state index < -0.39 is 5.97 Å². The molecule has 0 fully saturated rings. The zero-order valence-electron chi connectivity index (χ0n) is 10.7. The van der Waals surface area contributed by atoms with Gasteiger partial charge in [-0.05, 0) is 38.0 Å². The van der Waals surface area contributed by atoms with Crippen LogP contribution in [0.15, 0.2) is 11.1 Å². The number of carboxylic acids is 1. The van der Waals surface area contributed by atoms with Crippen molar-refractivity contribution in [3.8, 4) is 0 Å². The van der Waals surface area contributed by atoms with Crippen molar-refractivity contribution in [1.29, 1.82) is 0 Å². The molecule has 0 spiro atoms. The third-order valence-corrected chi connectivity index (χ3v) is 2.90. The molecule has 0 aromatic rings. The van der Waals surface area contributed by atoms with Crippen molar-refractivity contribution in [3.05, 3.63) is 11.1 Å². The minimum Gasteiger partial charge on any atom is -0.481 e. The second kappa shape index (κ2) is 5.94. The first-order valence-electron chi connectivity index (χ1n) is 5.65. The maximum atomic E-state index is 9.00. The molecule has 0 saturated heterocycles. The van der Waals surface area contributed by atoms with Crippen LogP contribution in [0, 0.1) is 5.41 Å². The molecule has 1 rings (SSSR count). The average molecular weight is 212 g/mol. The van der Waals surface area contributed by atoms with Crippen molar-refractivity contribution >= 4 is 5.97 Å². The summed E-state index contributed by atoms with van der Waals surface area (Å²) in [5, 5.41) is 7.42. The molecule has 0 atom stereocenters. The molecule has 1 N–H and O–H groups in total. The quantitative estimate of drug-likeness (QED) is 0.667. The molecular formula is C13H24O2. The number of carbonyl (C=O) groups is 1. The Bertz CT molecular complexity index is 245. The first kappa shape index (κ1) is 14.2. The minimum atomic E-state index is -0.833. The Kier molecular flexibility index (Phi) is 5.63. The zero-order chi connectivity index (χ0) is 12.1. The molecule has 2 nitrogen and oxygen atoms in total. The van der Waals surface area contributed by atoms with Gasteiger partial charge in [-0.1, -0.05) is 31.9 Å². The summed E-state index contributed by atoms with van der Waals surface area (Å²) in [5.41, 5.74) is 3.94. The molecular weight excluding hydrogens is 188 g/mol. The summed E-state index contributed by atoms with van der Waals surface area (Å²) < 4.78 is 0. The molecule has 15 heavy (non-hydrogen) atoms. The Balaban J connectivity index is 0.000000423. The summed E-state index contributed by atoms with van der Waals surface area (Å²) >= 11 is 0. The molecule has 0 radical (unpaired) electrons. The fourth-order valence-electron chi connectivity index (χ4n) is 1.95. The molecule has 0 amide bonds. The lowest BCUT2D eigenvalue weighted by atomic mass is 9.74. The lowest BCUT2D eigenvalue weighted by molar-refractivity contribution is -0.134. The maximum absolute atomic E-state index is 9.00. The lowest BCUT2D eigenvalue weighted by Crippen LogP contribution is -2.17. The van der Waals surface area contributed by atoms with Crippen molar-refractivity contribution in [2.45, 2.75) is 60.3 Å². The van der Waals surface area contributed by atoms with Crippen LogP contribution in [0.5, 0.6) is 0 Å². The number of carboxylic acid groups (broad SMARTS) is 1. The van der Waals surface area contributed by atoms with Crippen molar-refractivity contribution in [3.63, 3.8) is 0 Å². The normalized spacial score (nSPS) is 19.3. The van der Waals surface area contributed by atoms with E-state index in [0.29, 0.717) is 5.41 Å². The highest BCUT2D eigenvalue weighted by Gasteiger charge is 2.24. The third-order valence-electron chi connectivity index (χ3n) is 2.90. The lowest BCUT2D eigenvalue weighted by Gasteiger charge is -2.32. The highest BCUT2D eigenvalue weighted by molar-refractivity contribution is 5.62. The van der Waals surface area contributed by atoms with E-state index >= 15 is 0 Å². The first-order chi connectivity index (χ1) is 6.78. The van der Waals surface area contributed by atoms with Crippen LogP contribution in [-0.4, -0.2) is 11.1 Å². The van der Waals surface area contributed by atoms with Gasteiger partial charge in [0.15, 0.2) is 0 Å². The second-order valence-electron chi connectivity index (χ2n) is 5.10. The molecule has 88 valence electrons. The Labute approximate surface area is 93.4 Å². The number of allylic oxidation sites excluding steroid dienone is 2. The summed E-state index contributed by atoms with van der Waals surface area (Å²) in [6.07, 6.45) is 5.29. The monoisotopic (exact) mass is 212 g/mol. The molecule has 2 heteroatoms. The Morgan fingerprint density at radius 2 is 1.93 bits per heavy atom. The van der Waals surface area contributed by atoms with Crippen molar-refractivity contribution in [1.82, 2.24) is 0 Å². The molecule has 0 bridgehead atoms. The molecule has 1 aliphatic carbocycles. The third kappa shape index (κ3) is 6.32. The number of hydrogen-bond donors (Lipinski definition) is 1. The summed E-state index contributed by atoms with van der Waals surface area (Å²) in [4.78, 5) is 9.00. The van der Waals surface area contributed by atoms with Gasteiger partial charge >= 0.3 is 0 Å². The van der Waals surface area contributed by atoms with Gasteiger partial charge in [0, 0.05) is 6.92 Å². The summed E-state index contributed by atoms with van der Waals surface area (Å²) in [7, 11) is 0. The second-order valence-corrected chi connectivity index (χ2v) is 5.10. The standard InChI is InChI=1S/C11H20.C2H4O2/c1-5-10-8-11(3,4)7-6-9(10)2;1-2(3)4/h5-8H2,1-4H3;1H3,(H,3,4). The van der Waals surface area contributed by atoms with Gasteiger partial charge in [0.2, 0.25) is 0 Å². The predicted octanol–water partition coefficient (Wildman–Crippen LogP) is 4.01. The van der Waals surface area contributed by atoms with Gasteiger partial charge in [0.25, 0.3) is 5.97 Å². The SMILES string of the molecule is CC(=O)O.CCC1=C(C)CCC(C)(C)C1. The van der Waals surface area contributed by atoms with Gasteiger partial charge in [0.1, 0.15) is 0 Å². The van der Waals surface area contributed by atoms with Crippen LogP contribution >= 0.6 is 0 Å². The van der Waals surface area contributed by atoms with Crippen LogP contribution < -0.4 is 0 Å². The first-order valence-corrected chi connectivity index (χ1v) is 5.65. The minimum absolute atomic E-state index is 0.574. The van der Waals surface area contributed by atoms with Crippen LogP contribution in [0.25, 0.3) is 0 Å². The van der Waals surface area contributed by atoms with Gasteiger partial charge in [0.05, 0.1) is 0 Å².